The van der Waals surface area contributed by atoms with Crippen LogP contribution in [0.2, 0.25) is 0 Å². The third-order valence-electron chi connectivity index (χ3n) is 4.87. The molecule has 3 atom stereocenters. The summed E-state index contributed by atoms with van der Waals surface area (Å²) in [7, 11) is 0. The summed E-state index contributed by atoms with van der Waals surface area (Å²) in [6, 6.07) is 1.91. The van der Waals surface area contributed by atoms with E-state index in [0.717, 1.165) is 4.88 Å². The van der Waals surface area contributed by atoms with Crippen molar-refractivity contribution in [2.45, 2.75) is 63.1 Å². The number of carbonyl (C=O) groups excluding carboxylic acids is 4. The lowest BCUT2D eigenvalue weighted by molar-refractivity contribution is -0.170. The number of hydrogen-bond donors (Lipinski definition) is 2. The molecule has 2 aliphatic heterocycles. The van der Waals surface area contributed by atoms with Crippen molar-refractivity contribution < 1.29 is 33.8 Å². The van der Waals surface area contributed by atoms with Crippen LogP contribution in [0.4, 0.5) is 0 Å². The number of aliphatic hydroxyl groups is 1. The molecular weight excluding hydrogens is 468 g/mol. The zero-order chi connectivity index (χ0) is 24.2. The molecule has 0 spiro atoms. The Morgan fingerprint density at radius 2 is 2.03 bits per heavy atom. The summed E-state index contributed by atoms with van der Waals surface area (Å²) in [4.78, 5) is 52.5. The Kier molecular flexibility index (Phi) is 8.19. The summed E-state index contributed by atoms with van der Waals surface area (Å²) >= 11 is 2.75. The lowest BCUT2D eigenvalue weighted by Crippen LogP contribution is -2.74. The molecule has 1 aromatic rings. The predicted octanol–water partition coefficient (Wildman–Crippen LogP) is 1.60. The summed E-state index contributed by atoms with van der Waals surface area (Å²) in [6.45, 7) is 4.88. The Bertz CT molecular complexity index is 924. The van der Waals surface area contributed by atoms with Crippen molar-refractivity contribution in [3.63, 3.8) is 0 Å². The molecule has 11 heteroatoms. The van der Waals surface area contributed by atoms with E-state index >= 15 is 0 Å². The average molecular weight is 497 g/mol. The second kappa shape index (κ2) is 10.7. The zero-order valence-electron chi connectivity index (χ0n) is 18.7. The monoisotopic (exact) mass is 496 g/mol. The molecule has 9 nitrogen and oxygen atoms in total. The molecule has 0 aliphatic carbocycles. The van der Waals surface area contributed by atoms with Crippen LogP contribution in [0.25, 0.3) is 0 Å². The Balaban J connectivity index is 1.71. The maximum absolute atomic E-state index is 13.0. The Morgan fingerprint density at radius 3 is 2.67 bits per heavy atom. The van der Waals surface area contributed by atoms with E-state index < -0.39 is 35.0 Å². The van der Waals surface area contributed by atoms with Crippen molar-refractivity contribution in [1.29, 1.82) is 0 Å². The number of nitrogens with one attached hydrogen (secondary N) is 1. The van der Waals surface area contributed by atoms with Crippen LogP contribution in [0.3, 0.4) is 0 Å². The Labute approximate surface area is 200 Å². The first-order chi connectivity index (χ1) is 15.6. The van der Waals surface area contributed by atoms with Gasteiger partial charge in [-0.05, 0) is 44.0 Å². The van der Waals surface area contributed by atoms with Crippen LogP contribution in [0.1, 0.15) is 38.5 Å². The summed E-state index contributed by atoms with van der Waals surface area (Å²) in [5.41, 5.74) is -0.345. The number of amides is 2. The number of thioether (sulfide) groups is 1. The summed E-state index contributed by atoms with van der Waals surface area (Å²) in [6.07, 6.45) is 0.512. The largest absolute Gasteiger partial charge is 0.461 e. The van der Waals surface area contributed by atoms with Gasteiger partial charge >= 0.3 is 11.9 Å². The standard InChI is InChI=1S/C22H28N2O7S2/c1-22(2,3)31-21(29)18-13(11-30-16(27)7-4-8-25)12-33-20-17(19(28)24(18)20)23-15(26)10-14-6-5-9-32-14/h5-6,9,12,17-18,20,25H,4,7-8,10-11H2,1-3H3,(H,23,26)/t17?,18?,20-/m0/s1. The van der Waals surface area contributed by atoms with Crippen LogP contribution in [0.5, 0.6) is 0 Å². The van der Waals surface area contributed by atoms with E-state index in [1.54, 1.807) is 26.2 Å². The number of rotatable bonds is 9. The number of aliphatic hydroxyl groups excluding tert-OH is 1. The molecule has 33 heavy (non-hydrogen) atoms. The number of fused-ring (bicyclic) bond motifs is 1. The first-order valence-electron chi connectivity index (χ1n) is 10.6. The molecule has 3 rings (SSSR count). The molecule has 2 aliphatic rings. The number of thiophene rings is 1. The third kappa shape index (κ3) is 6.36. The van der Waals surface area contributed by atoms with Crippen LogP contribution in [0.15, 0.2) is 28.5 Å². The molecule has 3 heterocycles. The SMILES string of the molecule is CC(C)(C)OC(=O)C1C(COC(=O)CCCO)=CS[C@H]2C(NC(=O)Cc3cccs3)C(=O)N12. The van der Waals surface area contributed by atoms with Crippen molar-refractivity contribution in [3.8, 4) is 0 Å². The van der Waals surface area contributed by atoms with Crippen molar-refractivity contribution in [2.75, 3.05) is 13.2 Å². The van der Waals surface area contributed by atoms with Crippen LogP contribution >= 0.6 is 23.1 Å². The van der Waals surface area contributed by atoms with Gasteiger partial charge in [0.1, 0.15) is 23.6 Å². The van der Waals surface area contributed by atoms with Crippen molar-refractivity contribution in [2.24, 2.45) is 0 Å². The summed E-state index contributed by atoms with van der Waals surface area (Å²) in [5, 5.41) is 14.7. The lowest BCUT2D eigenvalue weighted by Gasteiger charge is -2.51. The fourth-order valence-corrected chi connectivity index (χ4v) is 5.34. The third-order valence-corrected chi connectivity index (χ3v) is 6.96. The minimum absolute atomic E-state index is 0.0532. The van der Waals surface area contributed by atoms with Crippen LogP contribution < -0.4 is 5.32 Å². The van der Waals surface area contributed by atoms with Gasteiger partial charge in [-0.2, -0.15) is 0 Å². The predicted molar refractivity (Wildman–Crippen MR) is 123 cm³/mol. The van der Waals surface area contributed by atoms with Gasteiger partial charge in [0.05, 0.1) is 6.42 Å². The first-order valence-corrected chi connectivity index (χ1v) is 12.4. The fraction of sp³-hybridized carbons (Fsp3) is 0.545. The lowest BCUT2D eigenvalue weighted by atomic mass is 9.97. The van der Waals surface area contributed by atoms with E-state index in [9.17, 15) is 19.2 Å². The van der Waals surface area contributed by atoms with Crippen LogP contribution in [0, 0.1) is 0 Å². The van der Waals surface area contributed by atoms with Gasteiger partial charge in [-0.1, -0.05) is 6.07 Å². The van der Waals surface area contributed by atoms with Crippen LogP contribution in [-0.4, -0.2) is 70.0 Å². The highest BCUT2D eigenvalue weighted by Gasteiger charge is 2.56. The average Bonchev–Trinajstić information content (AvgIpc) is 3.25. The molecule has 0 aromatic carbocycles. The molecule has 0 saturated carbocycles. The highest BCUT2D eigenvalue weighted by atomic mass is 32.2. The molecule has 1 aromatic heterocycles. The molecular formula is C22H28N2O7S2. The smallest absolute Gasteiger partial charge is 0.333 e. The zero-order valence-corrected chi connectivity index (χ0v) is 20.4. The van der Waals surface area contributed by atoms with Gasteiger partial charge in [-0.3, -0.25) is 14.4 Å². The normalized spacial score (nSPS) is 22.1. The number of nitrogens with zero attached hydrogens (tertiary/aromatic N) is 1. The minimum atomic E-state index is -1.04. The molecule has 2 N–H and O–H groups in total. The highest BCUT2D eigenvalue weighted by Crippen LogP contribution is 2.40. The van der Waals surface area contributed by atoms with Gasteiger partial charge in [-0.15, -0.1) is 23.1 Å². The topological polar surface area (TPSA) is 122 Å². The Hall–Kier alpha value is -2.37. The van der Waals surface area contributed by atoms with E-state index in [1.165, 1.54) is 28.0 Å². The first kappa shape index (κ1) is 25.3. The van der Waals surface area contributed by atoms with E-state index in [1.807, 2.05) is 17.5 Å². The number of esters is 2. The van der Waals surface area contributed by atoms with Gasteiger partial charge < -0.3 is 24.8 Å². The van der Waals surface area contributed by atoms with Gasteiger partial charge in [0.2, 0.25) is 11.8 Å². The van der Waals surface area contributed by atoms with Gasteiger partial charge in [0.25, 0.3) is 0 Å². The maximum Gasteiger partial charge on any atom is 0.333 e. The van der Waals surface area contributed by atoms with E-state index in [4.69, 9.17) is 14.6 Å². The molecule has 2 unspecified atom stereocenters. The van der Waals surface area contributed by atoms with E-state index in [2.05, 4.69) is 5.32 Å². The van der Waals surface area contributed by atoms with Crippen molar-refractivity contribution in [1.82, 2.24) is 10.2 Å². The number of β-lactam (4-membered cyclic amide) rings is 1. The second-order valence-electron chi connectivity index (χ2n) is 8.69. The van der Waals surface area contributed by atoms with Gasteiger partial charge in [-0.25, -0.2) is 4.79 Å². The van der Waals surface area contributed by atoms with Gasteiger partial charge in [0.15, 0.2) is 6.04 Å². The Morgan fingerprint density at radius 1 is 1.27 bits per heavy atom. The minimum Gasteiger partial charge on any atom is -0.461 e. The molecule has 1 fully saturated rings. The molecule has 0 radical (unpaired) electrons. The van der Waals surface area contributed by atoms with Crippen molar-refractivity contribution >= 4 is 46.9 Å². The van der Waals surface area contributed by atoms with E-state index in [0.29, 0.717) is 5.57 Å². The molecule has 0 bridgehead atoms. The van der Waals surface area contributed by atoms with Gasteiger partial charge in [0, 0.05) is 23.5 Å². The summed E-state index contributed by atoms with van der Waals surface area (Å²) in [5.74, 6) is -1.78. The molecule has 1 saturated heterocycles. The summed E-state index contributed by atoms with van der Waals surface area (Å²) < 4.78 is 10.8. The number of hydrogen-bond acceptors (Lipinski definition) is 9. The van der Waals surface area contributed by atoms with Crippen molar-refractivity contribution in [3.05, 3.63) is 33.4 Å². The highest BCUT2D eigenvalue weighted by molar-refractivity contribution is 8.02. The fourth-order valence-electron chi connectivity index (χ4n) is 3.43. The maximum atomic E-state index is 13.0. The van der Waals surface area contributed by atoms with E-state index in [-0.39, 0.29) is 44.3 Å². The molecule has 2 amide bonds. The molecule has 180 valence electrons. The number of ether oxygens (including phenoxy) is 2. The number of carbonyl (C=O) groups is 4. The van der Waals surface area contributed by atoms with Crippen LogP contribution in [-0.2, 0) is 35.1 Å². The second-order valence-corrected chi connectivity index (χ2v) is 10.7. The quantitative estimate of drug-likeness (QED) is 0.391.